The number of pyridine rings is 1. The number of aryl methyl sites for hydroxylation is 1. The van der Waals surface area contributed by atoms with E-state index in [2.05, 4.69) is 9.88 Å². The van der Waals surface area contributed by atoms with Gasteiger partial charge in [-0.3, -0.25) is 20.0 Å². The van der Waals surface area contributed by atoms with Gasteiger partial charge in [-0.2, -0.15) is 0 Å². The molecule has 6 heteroatoms. The molecule has 0 saturated carbocycles. The number of rotatable bonds is 3. The first kappa shape index (κ1) is 13.9. The van der Waals surface area contributed by atoms with Crippen molar-refractivity contribution in [2.75, 3.05) is 13.1 Å². The van der Waals surface area contributed by atoms with Crippen LogP contribution in [0, 0.1) is 24.0 Å². The minimum Gasteiger partial charge on any atom is -0.327 e. The van der Waals surface area contributed by atoms with E-state index in [-0.39, 0.29) is 16.7 Å². The van der Waals surface area contributed by atoms with Gasteiger partial charge in [-0.25, -0.2) is 0 Å². The summed E-state index contributed by atoms with van der Waals surface area (Å²) in [6.07, 6.45) is 3.72. The fourth-order valence-corrected chi connectivity index (χ4v) is 2.65. The molecule has 104 valence electrons. The Balaban J connectivity index is 2.21. The van der Waals surface area contributed by atoms with E-state index in [1.165, 1.54) is 0 Å². The molecule has 1 aromatic rings. The number of nitro groups is 1. The van der Waals surface area contributed by atoms with Gasteiger partial charge in [-0.15, -0.1) is 0 Å². The van der Waals surface area contributed by atoms with Crippen molar-refractivity contribution in [3.8, 4) is 0 Å². The second-order valence-corrected chi connectivity index (χ2v) is 5.26. The lowest BCUT2D eigenvalue weighted by Crippen LogP contribution is -2.42. The highest BCUT2D eigenvalue weighted by Crippen LogP contribution is 2.25. The smallest absolute Gasteiger partial charge is 0.278 e. The van der Waals surface area contributed by atoms with Crippen LogP contribution in [0.25, 0.3) is 0 Å². The van der Waals surface area contributed by atoms with Crippen molar-refractivity contribution >= 4 is 5.69 Å². The van der Waals surface area contributed by atoms with E-state index in [1.807, 2.05) is 0 Å². The molecule has 19 heavy (non-hydrogen) atoms. The zero-order chi connectivity index (χ0) is 14.0. The molecule has 1 atom stereocenters. The Morgan fingerprint density at radius 2 is 2.32 bits per heavy atom. The molecule has 1 aliphatic rings. The van der Waals surface area contributed by atoms with Gasteiger partial charge in [0, 0.05) is 36.5 Å². The van der Waals surface area contributed by atoms with Crippen molar-refractivity contribution in [3.05, 3.63) is 33.1 Å². The molecule has 0 aromatic carbocycles. The highest BCUT2D eigenvalue weighted by molar-refractivity contribution is 5.47. The predicted molar refractivity (Wildman–Crippen MR) is 72.9 cm³/mol. The van der Waals surface area contributed by atoms with Crippen molar-refractivity contribution < 1.29 is 4.92 Å². The van der Waals surface area contributed by atoms with E-state index < -0.39 is 0 Å². The standard InChI is InChI=1S/C13H20N4O2/c1-9-6-15-12(10(2)13(9)17(18)19)8-16-5-3-4-11(14)7-16/h6,11H,3-5,7-8,14H2,1-2H3/t11-/m1/s1. The summed E-state index contributed by atoms with van der Waals surface area (Å²) in [4.78, 5) is 17.3. The lowest BCUT2D eigenvalue weighted by Gasteiger charge is -2.30. The Bertz CT molecular complexity index is 490. The normalized spacial score (nSPS) is 20.5. The first-order chi connectivity index (χ1) is 8.99. The molecule has 2 rings (SSSR count). The van der Waals surface area contributed by atoms with Gasteiger partial charge >= 0.3 is 0 Å². The van der Waals surface area contributed by atoms with Crippen LogP contribution in [0.5, 0.6) is 0 Å². The quantitative estimate of drug-likeness (QED) is 0.661. The fraction of sp³-hybridized carbons (Fsp3) is 0.615. The van der Waals surface area contributed by atoms with Crippen LogP contribution in [0.1, 0.15) is 29.7 Å². The van der Waals surface area contributed by atoms with Crippen LogP contribution in [-0.4, -0.2) is 33.9 Å². The van der Waals surface area contributed by atoms with E-state index >= 15 is 0 Å². The van der Waals surface area contributed by atoms with Crippen molar-refractivity contribution in [3.63, 3.8) is 0 Å². The molecule has 2 heterocycles. The molecular formula is C13H20N4O2. The van der Waals surface area contributed by atoms with E-state index in [1.54, 1.807) is 20.0 Å². The summed E-state index contributed by atoms with van der Waals surface area (Å²) in [5.74, 6) is 0. The van der Waals surface area contributed by atoms with E-state index in [0.29, 0.717) is 17.7 Å². The average molecular weight is 264 g/mol. The Morgan fingerprint density at radius 3 is 2.95 bits per heavy atom. The summed E-state index contributed by atoms with van der Waals surface area (Å²) in [6.45, 7) is 5.95. The second-order valence-electron chi connectivity index (χ2n) is 5.26. The van der Waals surface area contributed by atoms with Crippen LogP contribution in [0.3, 0.4) is 0 Å². The highest BCUT2D eigenvalue weighted by atomic mass is 16.6. The summed E-state index contributed by atoms with van der Waals surface area (Å²) in [6, 6.07) is 0.203. The van der Waals surface area contributed by atoms with Gasteiger partial charge in [0.1, 0.15) is 0 Å². The number of aromatic nitrogens is 1. The van der Waals surface area contributed by atoms with Crippen molar-refractivity contribution in [2.45, 2.75) is 39.3 Å². The SMILES string of the molecule is Cc1cnc(CN2CCC[C@@H](N)C2)c(C)c1[N+](=O)[O-]. The maximum Gasteiger partial charge on any atom is 0.278 e. The molecule has 1 aliphatic heterocycles. The summed E-state index contributed by atoms with van der Waals surface area (Å²) >= 11 is 0. The first-order valence-electron chi connectivity index (χ1n) is 6.56. The van der Waals surface area contributed by atoms with E-state index in [0.717, 1.165) is 31.6 Å². The molecule has 0 spiro atoms. The van der Waals surface area contributed by atoms with Crippen LogP contribution in [-0.2, 0) is 6.54 Å². The Labute approximate surface area is 112 Å². The summed E-state index contributed by atoms with van der Waals surface area (Å²) in [7, 11) is 0. The van der Waals surface area contributed by atoms with Crippen LogP contribution < -0.4 is 5.73 Å². The summed E-state index contributed by atoms with van der Waals surface area (Å²) in [5.41, 5.74) is 8.20. The summed E-state index contributed by atoms with van der Waals surface area (Å²) in [5, 5.41) is 11.1. The third-order valence-electron chi connectivity index (χ3n) is 3.67. The zero-order valence-corrected chi connectivity index (χ0v) is 11.4. The van der Waals surface area contributed by atoms with Crippen molar-refractivity contribution in [2.24, 2.45) is 5.73 Å². The summed E-state index contributed by atoms with van der Waals surface area (Å²) < 4.78 is 0. The van der Waals surface area contributed by atoms with Gasteiger partial charge in [0.2, 0.25) is 0 Å². The zero-order valence-electron chi connectivity index (χ0n) is 11.4. The molecule has 0 radical (unpaired) electrons. The van der Waals surface area contributed by atoms with Gasteiger partial charge in [0.05, 0.1) is 10.6 Å². The molecule has 0 unspecified atom stereocenters. The first-order valence-corrected chi connectivity index (χ1v) is 6.56. The molecule has 2 N–H and O–H groups in total. The van der Waals surface area contributed by atoms with E-state index in [9.17, 15) is 10.1 Å². The van der Waals surface area contributed by atoms with Gasteiger partial charge in [0.25, 0.3) is 5.69 Å². The van der Waals surface area contributed by atoms with Crippen LogP contribution >= 0.6 is 0 Å². The highest BCUT2D eigenvalue weighted by Gasteiger charge is 2.22. The molecule has 1 saturated heterocycles. The Morgan fingerprint density at radius 1 is 1.58 bits per heavy atom. The van der Waals surface area contributed by atoms with Crippen molar-refractivity contribution in [1.29, 1.82) is 0 Å². The Hall–Kier alpha value is -1.53. The largest absolute Gasteiger partial charge is 0.327 e. The van der Waals surface area contributed by atoms with Gasteiger partial charge in [0.15, 0.2) is 0 Å². The molecule has 0 amide bonds. The average Bonchev–Trinajstić information content (AvgIpc) is 2.32. The lowest BCUT2D eigenvalue weighted by molar-refractivity contribution is -0.386. The van der Waals surface area contributed by atoms with Gasteiger partial charge in [-0.1, -0.05) is 0 Å². The molecule has 0 bridgehead atoms. The minimum atomic E-state index is -0.322. The number of hydrogen-bond donors (Lipinski definition) is 1. The number of piperidine rings is 1. The van der Waals surface area contributed by atoms with Crippen LogP contribution in [0.15, 0.2) is 6.20 Å². The molecule has 6 nitrogen and oxygen atoms in total. The van der Waals surface area contributed by atoms with Crippen LogP contribution in [0.2, 0.25) is 0 Å². The third kappa shape index (κ3) is 3.08. The van der Waals surface area contributed by atoms with E-state index in [4.69, 9.17) is 5.73 Å². The number of likely N-dealkylation sites (tertiary alicyclic amines) is 1. The second kappa shape index (κ2) is 5.63. The fourth-order valence-electron chi connectivity index (χ4n) is 2.65. The monoisotopic (exact) mass is 264 g/mol. The Kier molecular flexibility index (Phi) is 4.11. The van der Waals surface area contributed by atoms with Crippen LogP contribution in [0.4, 0.5) is 5.69 Å². The third-order valence-corrected chi connectivity index (χ3v) is 3.67. The number of nitrogens with two attached hydrogens (primary N) is 1. The maximum atomic E-state index is 11.1. The van der Waals surface area contributed by atoms with Gasteiger partial charge < -0.3 is 5.73 Å². The topological polar surface area (TPSA) is 85.3 Å². The number of hydrogen-bond acceptors (Lipinski definition) is 5. The molecule has 1 aromatic heterocycles. The molecule has 1 fully saturated rings. The lowest BCUT2D eigenvalue weighted by atomic mass is 10.0. The van der Waals surface area contributed by atoms with Gasteiger partial charge in [-0.05, 0) is 33.2 Å². The number of nitrogens with zero attached hydrogens (tertiary/aromatic N) is 3. The maximum absolute atomic E-state index is 11.1. The minimum absolute atomic E-state index is 0.186. The van der Waals surface area contributed by atoms with Crippen molar-refractivity contribution in [1.82, 2.24) is 9.88 Å². The predicted octanol–water partition coefficient (Wildman–Crippen LogP) is 1.53. The molecule has 0 aliphatic carbocycles. The molecular weight excluding hydrogens is 244 g/mol.